The van der Waals surface area contributed by atoms with Crippen LogP contribution in [0, 0.1) is 9.39 Å². The van der Waals surface area contributed by atoms with E-state index < -0.39 is 5.82 Å². The van der Waals surface area contributed by atoms with Crippen molar-refractivity contribution in [2.45, 2.75) is 0 Å². The Kier molecular flexibility index (Phi) is 2.38. The first kappa shape index (κ1) is 9.15. The summed E-state index contributed by atoms with van der Waals surface area (Å²) in [6.07, 6.45) is 1.69. The molecule has 66 valence electrons. The minimum Gasteiger partial charge on any atom is -0.255 e. The van der Waals surface area contributed by atoms with Gasteiger partial charge in [-0.1, -0.05) is 11.6 Å². The van der Waals surface area contributed by atoms with Gasteiger partial charge >= 0.3 is 0 Å². The van der Waals surface area contributed by atoms with Crippen LogP contribution in [0.2, 0.25) is 5.02 Å². The molecular weight excluding hydrogens is 303 g/mol. The van der Waals surface area contributed by atoms with Gasteiger partial charge in [0.2, 0.25) is 0 Å². The number of hydrogen-bond donors (Lipinski definition) is 0. The van der Waals surface area contributed by atoms with Crippen LogP contribution in [0.15, 0.2) is 24.4 Å². The Morgan fingerprint density at radius 3 is 2.92 bits per heavy atom. The summed E-state index contributed by atoms with van der Waals surface area (Å²) in [5.74, 6) is -0.398. The van der Waals surface area contributed by atoms with E-state index in [0.717, 1.165) is 3.57 Å². The zero-order chi connectivity index (χ0) is 9.42. The van der Waals surface area contributed by atoms with Crippen LogP contribution in [0.1, 0.15) is 0 Å². The summed E-state index contributed by atoms with van der Waals surface area (Å²) in [6, 6.07) is 4.94. The summed E-state index contributed by atoms with van der Waals surface area (Å²) in [5, 5.41) is 0.607. The maximum atomic E-state index is 13.4. The summed E-state index contributed by atoms with van der Waals surface area (Å²) in [5.41, 5.74) is 0.627. The van der Waals surface area contributed by atoms with Crippen molar-refractivity contribution in [1.29, 1.82) is 0 Å². The van der Waals surface area contributed by atoms with Crippen molar-refractivity contribution in [3.8, 4) is 0 Å². The van der Waals surface area contributed by atoms with Crippen LogP contribution in [0.3, 0.4) is 0 Å². The largest absolute Gasteiger partial charge is 0.255 e. The summed E-state index contributed by atoms with van der Waals surface area (Å²) in [6.45, 7) is 0. The lowest BCUT2D eigenvalue weighted by Crippen LogP contribution is -1.85. The average molecular weight is 307 g/mol. The van der Waals surface area contributed by atoms with Crippen LogP contribution >= 0.6 is 34.2 Å². The van der Waals surface area contributed by atoms with Crippen LogP contribution in [0.4, 0.5) is 4.39 Å². The van der Waals surface area contributed by atoms with E-state index in [9.17, 15) is 4.39 Å². The van der Waals surface area contributed by atoms with Crippen molar-refractivity contribution in [3.63, 3.8) is 0 Å². The number of pyridine rings is 1. The zero-order valence-electron chi connectivity index (χ0n) is 6.39. The normalized spacial score (nSPS) is 10.7. The summed E-state index contributed by atoms with van der Waals surface area (Å²) in [4.78, 5) is 4.08. The van der Waals surface area contributed by atoms with Crippen molar-refractivity contribution < 1.29 is 4.39 Å². The summed E-state index contributed by atoms with van der Waals surface area (Å²) < 4.78 is 14.3. The van der Waals surface area contributed by atoms with Crippen LogP contribution in [0.25, 0.3) is 10.9 Å². The van der Waals surface area contributed by atoms with E-state index in [1.807, 2.05) is 0 Å². The SMILES string of the molecule is Fc1c(Cl)ccc2ncc(I)cc12. The van der Waals surface area contributed by atoms with Gasteiger partial charge in [0.05, 0.1) is 10.5 Å². The first-order valence-electron chi connectivity index (χ1n) is 3.58. The van der Waals surface area contributed by atoms with Crippen LogP contribution < -0.4 is 0 Å². The van der Waals surface area contributed by atoms with Crippen LogP contribution in [-0.2, 0) is 0 Å². The quantitative estimate of drug-likeness (QED) is 0.677. The van der Waals surface area contributed by atoms with Crippen LogP contribution in [0.5, 0.6) is 0 Å². The number of fused-ring (bicyclic) bond motifs is 1. The molecule has 0 radical (unpaired) electrons. The Morgan fingerprint density at radius 1 is 1.38 bits per heavy atom. The molecule has 0 N–H and O–H groups in total. The summed E-state index contributed by atoms with van der Waals surface area (Å²) in [7, 11) is 0. The Bertz CT molecular complexity index is 467. The molecule has 0 saturated heterocycles. The molecule has 0 atom stereocenters. The minimum atomic E-state index is -0.398. The van der Waals surface area contributed by atoms with Gasteiger partial charge in [-0.25, -0.2) is 4.39 Å². The monoisotopic (exact) mass is 307 g/mol. The molecule has 0 spiro atoms. The molecule has 2 rings (SSSR count). The predicted octanol–water partition coefficient (Wildman–Crippen LogP) is 3.63. The molecule has 0 unspecified atom stereocenters. The van der Waals surface area contributed by atoms with E-state index in [4.69, 9.17) is 11.6 Å². The van der Waals surface area contributed by atoms with E-state index in [1.54, 1.807) is 18.3 Å². The molecule has 0 aliphatic rings. The topological polar surface area (TPSA) is 12.9 Å². The lowest BCUT2D eigenvalue weighted by atomic mass is 10.2. The number of hydrogen-bond acceptors (Lipinski definition) is 1. The average Bonchev–Trinajstić information content (AvgIpc) is 2.12. The molecule has 0 amide bonds. The second-order valence-corrected chi connectivity index (χ2v) is 4.23. The molecule has 4 heteroatoms. The Balaban J connectivity index is 2.89. The van der Waals surface area contributed by atoms with Crippen LogP contribution in [-0.4, -0.2) is 4.98 Å². The highest BCUT2D eigenvalue weighted by Gasteiger charge is 2.05. The maximum absolute atomic E-state index is 13.4. The molecule has 0 bridgehead atoms. The first-order valence-corrected chi connectivity index (χ1v) is 5.03. The first-order chi connectivity index (χ1) is 6.18. The Hall–Kier alpha value is -0.420. The summed E-state index contributed by atoms with van der Waals surface area (Å²) >= 11 is 7.72. The highest BCUT2D eigenvalue weighted by molar-refractivity contribution is 14.1. The fraction of sp³-hybridized carbons (Fsp3) is 0. The molecule has 13 heavy (non-hydrogen) atoms. The van der Waals surface area contributed by atoms with E-state index >= 15 is 0 Å². The Labute approximate surface area is 93.1 Å². The second kappa shape index (κ2) is 3.38. The lowest BCUT2D eigenvalue weighted by Gasteiger charge is -2.00. The molecule has 0 saturated carbocycles. The molecule has 1 nitrogen and oxygen atoms in total. The molecule has 1 aromatic heterocycles. The smallest absolute Gasteiger partial charge is 0.151 e. The predicted molar refractivity (Wildman–Crippen MR) is 59.4 cm³/mol. The van der Waals surface area contributed by atoms with E-state index in [0.29, 0.717) is 10.9 Å². The standard InChI is InChI=1S/C9H4ClFIN/c10-7-1-2-8-6(9(7)11)3-5(12)4-13-8/h1-4H. The number of aromatic nitrogens is 1. The maximum Gasteiger partial charge on any atom is 0.151 e. The van der Waals surface area contributed by atoms with Gasteiger partial charge in [0.15, 0.2) is 5.82 Å². The molecule has 1 heterocycles. The number of rotatable bonds is 0. The van der Waals surface area contributed by atoms with E-state index in [-0.39, 0.29) is 5.02 Å². The Morgan fingerprint density at radius 2 is 2.15 bits per heavy atom. The molecule has 0 fully saturated rings. The number of benzene rings is 1. The van der Waals surface area contributed by atoms with Gasteiger partial charge in [0, 0.05) is 15.2 Å². The van der Waals surface area contributed by atoms with Gasteiger partial charge < -0.3 is 0 Å². The molecule has 1 aromatic carbocycles. The van der Waals surface area contributed by atoms with Gasteiger partial charge in [-0.2, -0.15) is 0 Å². The highest BCUT2D eigenvalue weighted by atomic mass is 127. The van der Waals surface area contributed by atoms with E-state index in [2.05, 4.69) is 27.6 Å². The van der Waals surface area contributed by atoms with Gasteiger partial charge in [-0.05, 0) is 40.8 Å². The zero-order valence-corrected chi connectivity index (χ0v) is 9.30. The molecular formula is C9H4ClFIN. The van der Waals surface area contributed by atoms with Gasteiger partial charge in [0.1, 0.15) is 0 Å². The van der Waals surface area contributed by atoms with Crippen molar-refractivity contribution in [1.82, 2.24) is 4.98 Å². The molecule has 0 aliphatic carbocycles. The molecule has 2 aromatic rings. The number of halogens is 3. The fourth-order valence-electron chi connectivity index (χ4n) is 1.11. The minimum absolute atomic E-state index is 0.135. The van der Waals surface area contributed by atoms with Crippen molar-refractivity contribution in [3.05, 3.63) is 38.8 Å². The number of nitrogens with zero attached hydrogens (tertiary/aromatic N) is 1. The molecule has 0 aliphatic heterocycles. The van der Waals surface area contributed by atoms with Crippen molar-refractivity contribution in [2.75, 3.05) is 0 Å². The third-order valence-corrected chi connectivity index (χ3v) is 2.60. The van der Waals surface area contributed by atoms with Gasteiger partial charge in [0.25, 0.3) is 0 Å². The van der Waals surface area contributed by atoms with Gasteiger partial charge in [-0.3, -0.25) is 4.98 Å². The third-order valence-electron chi connectivity index (χ3n) is 1.72. The van der Waals surface area contributed by atoms with Crippen molar-refractivity contribution >= 4 is 45.1 Å². The third kappa shape index (κ3) is 1.62. The highest BCUT2D eigenvalue weighted by Crippen LogP contribution is 2.24. The van der Waals surface area contributed by atoms with Crippen molar-refractivity contribution in [2.24, 2.45) is 0 Å². The second-order valence-electron chi connectivity index (χ2n) is 2.58. The van der Waals surface area contributed by atoms with E-state index in [1.165, 1.54) is 6.07 Å². The lowest BCUT2D eigenvalue weighted by molar-refractivity contribution is 0.640. The fourth-order valence-corrected chi connectivity index (χ4v) is 1.73. The van der Waals surface area contributed by atoms with Gasteiger partial charge in [-0.15, -0.1) is 0 Å².